The van der Waals surface area contributed by atoms with E-state index in [2.05, 4.69) is 27.5 Å². The van der Waals surface area contributed by atoms with Gasteiger partial charge >= 0.3 is 6.18 Å². The first-order valence-electron chi connectivity index (χ1n) is 7.54. The van der Waals surface area contributed by atoms with Crippen LogP contribution in [0.2, 0.25) is 0 Å². The van der Waals surface area contributed by atoms with Crippen LogP contribution in [0.4, 0.5) is 13.2 Å². The van der Waals surface area contributed by atoms with Crippen LogP contribution in [-0.2, 0) is 6.54 Å². The molecule has 0 spiro atoms. The molecule has 1 rings (SSSR count). The van der Waals surface area contributed by atoms with Gasteiger partial charge in [-0.15, -0.1) is 24.0 Å². The van der Waals surface area contributed by atoms with E-state index in [0.29, 0.717) is 25.0 Å². The number of unbranched alkanes of at least 4 members (excludes halogenated alkanes) is 1. The Balaban J connectivity index is 0.00000529. The molecule has 5 nitrogen and oxygen atoms in total. The molecule has 0 saturated heterocycles. The molecule has 0 unspecified atom stereocenters. The summed E-state index contributed by atoms with van der Waals surface area (Å²) in [4.78, 5) is 8.07. The maximum Gasteiger partial charge on any atom is 0.390 e. The van der Waals surface area contributed by atoms with E-state index in [1.165, 1.54) is 7.05 Å². The minimum Gasteiger partial charge on any atom is -0.477 e. The summed E-state index contributed by atoms with van der Waals surface area (Å²) in [5, 5.41) is 5.58. The number of pyridine rings is 1. The molecule has 0 aromatic carbocycles. The third-order valence-corrected chi connectivity index (χ3v) is 2.96. The first-order valence-corrected chi connectivity index (χ1v) is 7.54. The van der Waals surface area contributed by atoms with E-state index in [0.717, 1.165) is 18.4 Å². The third-order valence-electron chi connectivity index (χ3n) is 2.96. The molecule has 1 aromatic rings. The zero-order valence-corrected chi connectivity index (χ0v) is 16.1. The van der Waals surface area contributed by atoms with E-state index in [9.17, 15) is 13.2 Å². The molecule has 0 fully saturated rings. The van der Waals surface area contributed by atoms with Gasteiger partial charge in [-0.05, 0) is 12.5 Å². The molecule has 1 aromatic heterocycles. The molecule has 0 aliphatic heterocycles. The third kappa shape index (κ3) is 9.78. The van der Waals surface area contributed by atoms with Gasteiger partial charge in [0.25, 0.3) is 0 Å². The van der Waals surface area contributed by atoms with Crippen LogP contribution in [0.3, 0.4) is 0 Å². The SMILES string of the molecule is CCCCOc1ncccc1CNC(=NC)NCCC(F)(F)F.I. The molecule has 0 saturated carbocycles. The first-order chi connectivity index (χ1) is 11.0. The molecule has 24 heavy (non-hydrogen) atoms. The summed E-state index contributed by atoms with van der Waals surface area (Å²) < 4.78 is 42.0. The maximum atomic E-state index is 12.1. The molecule has 2 N–H and O–H groups in total. The van der Waals surface area contributed by atoms with Crippen molar-refractivity contribution < 1.29 is 17.9 Å². The molecule has 0 amide bonds. The van der Waals surface area contributed by atoms with Gasteiger partial charge < -0.3 is 15.4 Å². The van der Waals surface area contributed by atoms with E-state index in [1.807, 2.05) is 6.07 Å². The van der Waals surface area contributed by atoms with Crippen molar-refractivity contribution in [1.29, 1.82) is 0 Å². The van der Waals surface area contributed by atoms with Crippen molar-refractivity contribution in [2.45, 2.75) is 38.9 Å². The topological polar surface area (TPSA) is 58.5 Å². The summed E-state index contributed by atoms with van der Waals surface area (Å²) in [6.07, 6.45) is -1.50. The second-order valence-corrected chi connectivity index (χ2v) is 4.89. The number of aliphatic imine (C=N–C) groups is 1. The van der Waals surface area contributed by atoms with Gasteiger partial charge in [0.05, 0.1) is 13.0 Å². The standard InChI is InChI=1S/C15H23F3N4O.HI/c1-3-4-10-23-13-12(6-5-8-20-13)11-22-14(19-2)21-9-7-15(16,17)18;/h5-6,8H,3-4,7,9-11H2,1-2H3,(H2,19,21,22);1H. The van der Waals surface area contributed by atoms with Crippen LogP contribution in [0.25, 0.3) is 0 Å². The number of hydrogen-bond acceptors (Lipinski definition) is 3. The fourth-order valence-electron chi connectivity index (χ4n) is 1.72. The average Bonchev–Trinajstić information content (AvgIpc) is 2.51. The summed E-state index contributed by atoms with van der Waals surface area (Å²) in [5.41, 5.74) is 0.822. The van der Waals surface area contributed by atoms with Crippen molar-refractivity contribution in [2.24, 2.45) is 4.99 Å². The van der Waals surface area contributed by atoms with Crippen molar-refractivity contribution in [3.8, 4) is 5.88 Å². The number of hydrogen-bond donors (Lipinski definition) is 2. The first kappa shape index (κ1) is 22.7. The van der Waals surface area contributed by atoms with Crippen molar-refractivity contribution in [3.05, 3.63) is 23.9 Å². The lowest BCUT2D eigenvalue weighted by molar-refractivity contribution is -0.132. The molecule has 138 valence electrons. The highest BCUT2D eigenvalue weighted by Crippen LogP contribution is 2.18. The Morgan fingerprint density at radius 2 is 2.08 bits per heavy atom. The molecule has 0 aliphatic carbocycles. The van der Waals surface area contributed by atoms with Gasteiger partial charge in [-0.1, -0.05) is 19.4 Å². The summed E-state index contributed by atoms with van der Waals surface area (Å²) in [6.45, 7) is 2.79. The van der Waals surface area contributed by atoms with Crippen molar-refractivity contribution >= 4 is 29.9 Å². The average molecular weight is 460 g/mol. The second-order valence-electron chi connectivity index (χ2n) is 4.89. The summed E-state index contributed by atoms with van der Waals surface area (Å²) in [7, 11) is 1.50. The zero-order valence-electron chi connectivity index (χ0n) is 13.8. The molecule has 0 radical (unpaired) electrons. The monoisotopic (exact) mass is 460 g/mol. The Morgan fingerprint density at radius 3 is 2.71 bits per heavy atom. The summed E-state index contributed by atoms with van der Waals surface area (Å²) in [5.74, 6) is 0.830. The number of guanidine groups is 1. The Hall–Kier alpha value is -1.26. The minimum atomic E-state index is -4.19. The molecular formula is C15H24F3IN4O. The normalized spacial score (nSPS) is 11.6. The Morgan fingerprint density at radius 1 is 1.33 bits per heavy atom. The van der Waals surface area contributed by atoms with Crippen LogP contribution in [0.1, 0.15) is 31.7 Å². The number of halogens is 4. The number of rotatable bonds is 8. The highest BCUT2D eigenvalue weighted by molar-refractivity contribution is 14.0. The van der Waals surface area contributed by atoms with Crippen molar-refractivity contribution in [1.82, 2.24) is 15.6 Å². The fraction of sp³-hybridized carbons (Fsp3) is 0.600. The number of nitrogens with one attached hydrogen (secondary N) is 2. The van der Waals surface area contributed by atoms with Gasteiger partial charge in [-0.25, -0.2) is 4.98 Å². The van der Waals surface area contributed by atoms with Gasteiger partial charge in [0.2, 0.25) is 5.88 Å². The molecular weight excluding hydrogens is 436 g/mol. The second kappa shape index (κ2) is 12.2. The lowest BCUT2D eigenvalue weighted by atomic mass is 10.2. The van der Waals surface area contributed by atoms with Gasteiger partial charge in [0.15, 0.2) is 5.96 Å². The smallest absolute Gasteiger partial charge is 0.390 e. The molecule has 0 atom stereocenters. The quantitative estimate of drug-likeness (QED) is 0.270. The van der Waals surface area contributed by atoms with Gasteiger partial charge in [-0.3, -0.25) is 4.99 Å². The lowest BCUT2D eigenvalue weighted by Crippen LogP contribution is -2.38. The van der Waals surface area contributed by atoms with Crippen molar-refractivity contribution in [3.63, 3.8) is 0 Å². The van der Waals surface area contributed by atoms with Gasteiger partial charge in [0.1, 0.15) is 0 Å². The summed E-state index contributed by atoms with van der Waals surface area (Å²) in [6, 6.07) is 3.63. The lowest BCUT2D eigenvalue weighted by Gasteiger charge is -2.14. The Labute approximate surface area is 157 Å². The van der Waals surface area contributed by atoms with Crippen LogP contribution in [0.15, 0.2) is 23.3 Å². The number of aromatic nitrogens is 1. The van der Waals surface area contributed by atoms with E-state index in [4.69, 9.17) is 4.74 Å². The zero-order chi connectivity index (χ0) is 17.1. The van der Waals surface area contributed by atoms with E-state index < -0.39 is 12.6 Å². The maximum absolute atomic E-state index is 12.1. The van der Waals surface area contributed by atoms with Crippen LogP contribution in [-0.4, -0.2) is 37.3 Å². The van der Waals surface area contributed by atoms with E-state index in [-0.39, 0.29) is 30.5 Å². The van der Waals surface area contributed by atoms with Crippen LogP contribution >= 0.6 is 24.0 Å². The van der Waals surface area contributed by atoms with Crippen LogP contribution in [0, 0.1) is 0 Å². The predicted molar refractivity (Wildman–Crippen MR) is 98.9 cm³/mol. The number of ether oxygens (including phenoxy) is 1. The van der Waals surface area contributed by atoms with Crippen molar-refractivity contribution in [2.75, 3.05) is 20.2 Å². The Bertz CT molecular complexity index is 498. The minimum absolute atomic E-state index is 0. The van der Waals surface area contributed by atoms with Crippen LogP contribution in [0.5, 0.6) is 5.88 Å². The predicted octanol–water partition coefficient (Wildman–Crippen LogP) is 3.50. The van der Waals surface area contributed by atoms with E-state index in [1.54, 1.807) is 12.3 Å². The summed E-state index contributed by atoms with van der Waals surface area (Å²) >= 11 is 0. The number of alkyl halides is 3. The highest BCUT2D eigenvalue weighted by Gasteiger charge is 2.26. The van der Waals surface area contributed by atoms with E-state index >= 15 is 0 Å². The molecule has 9 heteroatoms. The van der Waals surface area contributed by atoms with Crippen LogP contribution < -0.4 is 15.4 Å². The molecule has 0 aliphatic rings. The highest BCUT2D eigenvalue weighted by atomic mass is 127. The number of nitrogens with zero attached hydrogens (tertiary/aromatic N) is 2. The molecule has 0 bridgehead atoms. The fourth-order valence-corrected chi connectivity index (χ4v) is 1.72. The van der Waals surface area contributed by atoms with Gasteiger partial charge in [0, 0.05) is 31.9 Å². The molecule has 1 heterocycles. The largest absolute Gasteiger partial charge is 0.477 e. The Kier molecular flexibility index (Phi) is 11.5. The van der Waals surface area contributed by atoms with Gasteiger partial charge in [-0.2, -0.15) is 13.2 Å².